The number of fused-ring (bicyclic) bond motifs is 1. The molecule has 41 heavy (non-hydrogen) atoms. The largest absolute Gasteiger partial charge is 0.311 e. The van der Waals surface area contributed by atoms with E-state index in [4.69, 9.17) is 0 Å². The second-order valence-corrected chi connectivity index (χ2v) is 11.2. The van der Waals surface area contributed by atoms with Gasteiger partial charge in [0.25, 0.3) is 0 Å². The van der Waals surface area contributed by atoms with E-state index in [0.717, 1.165) is 27.8 Å². The molecule has 0 spiro atoms. The molecule has 0 aliphatic rings. The fourth-order valence-corrected chi connectivity index (χ4v) is 5.01. The molecule has 0 radical (unpaired) electrons. The quantitative estimate of drug-likeness (QED) is 0.199. The molecule has 0 aliphatic heterocycles. The summed E-state index contributed by atoms with van der Waals surface area (Å²) in [6.45, 7) is 7.02. The van der Waals surface area contributed by atoms with Crippen molar-refractivity contribution in [3.05, 3.63) is 138 Å². The number of aromatic nitrogens is 4. The van der Waals surface area contributed by atoms with Crippen molar-refractivity contribution in [2.24, 2.45) is 0 Å². The molecule has 0 amide bonds. The molecule has 0 aliphatic carbocycles. The second-order valence-electron chi connectivity index (χ2n) is 11.2. The Kier molecular flexibility index (Phi) is 7.02. The third kappa shape index (κ3) is 5.57. The van der Waals surface area contributed by atoms with Gasteiger partial charge in [0, 0.05) is 11.1 Å². The second kappa shape index (κ2) is 10.9. The van der Waals surface area contributed by atoms with Crippen LogP contribution in [0, 0.1) is 0 Å². The first-order chi connectivity index (χ1) is 19.9. The van der Waals surface area contributed by atoms with Gasteiger partial charge >= 0.3 is 0 Å². The van der Waals surface area contributed by atoms with Crippen molar-refractivity contribution in [2.45, 2.75) is 32.7 Å². The minimum absolute atomic E-state index is 0.150. The van der Waals surface area contributed by atoms with E-state index in [-0.39, 0.29) is 11.2 Å². The number of rotatable bonds is 6. The van der Waals surface area contributed by atoms with Gasteiger partial charge in [0.05, 0.1) is 12.9 Å². The van der Waals surface area contributed by atoms with Gasteiger partial charge in [-0.3, -0.25) is 0 Å². The maximum Gasteiger partial charge on any atom is 0.164 e. The average Bonchev–Trinajstić information content (AvgIpc) is 3.40. The van der Waals surface area contributed by atoms with Crippen molar-refractivity contribution in [3.63, 3.8) is 0 Å². The van der Waals surface area contributed by atoms with Crippen molar-refractivity contribution in [1.29, 1.82) is 0 Å². The summed E-state index contributed by atoms with van der Waals surface area (Å²) in [7, 11) is 0. The van der Waals surface area contributed by atoms with Gasteiger partial charge in [-0.15, -0.1) is 0 Å². The van der Waals surface area contributed by atoms with Crippen LogP contribution in [0.2, 0.25) is 0 Å². The smallest absolute Gasteiger partial charge is 0.164 e. The van der Waals surface area contributed by atoms with Crippen LogP contribution < -0.4 is 0 Å². The van der Waals surface area contributed by atoms with E-state index in [1.807, 2.05) is 77.4 Å². The zero-order valence-electron chi connectivity index (χ0n) is 23.4. The molecule has 6 aromatic rings. The van der Waals surface area contributed by atoms with Gasteiger partial charge in [0.1, 0.15) is 23.4 Å². The van der Waals surface area contributed by atoms with Crippen LogP contribution in [0.5, 0.6) is 0 Å². The Morgan fingerprint density at radius 3 is 2.17 bits per heavy atom. The Balaban J connectivity index is 1.42. The fourth-order valence-electron chi connectivity index (χ4n) is 5.01. The third-order valence-corrected chi connectivity index (χ3v) is 7.31. The SMILES string of the molecule is CC(C)(C)c1ccc(-c2ncnc3c2ncn3Cc2ccccc2)c(/C(F)=C/c2ccc(-c3ccccc3)cc2)c1. The van der Waals surface area contributed by atoms with Crippen molar-refractivity contribution in [2.75, 3.05) is 0 Å². The lowest BCUT2D eigenvalue weighted by atomic mass is 9.84. The summed E-state index contributed by atoms with van der Waals surface area (Å²) in [5, 5.41) is 0. The van der Waals surface area contributed by atoms with Crippen LogP contribution in [-0.4, -0.2) is 19.5 Å². The molecular formula is C36H31FN4. The Hall–Kier alpha value is -4.90. The van der Waals surface area contributed by atoms with Gasteiger partial charge in [-0.1, -0.05) is 118 Å². The zero-order chi connectivity index (χ0) is 28.4. The highest BCUT2D eigenvalue weighted by Crippen LogP contribution is 2.36. The molecule has 0 bridgehead atoms. The van der Waals surface area contributed by atoms with Crippen LogP contribution >= 0.6 is 0 Å². The van der Waals surface area contributed by atoms with Gasteiger partial charge in [-0.25, -0.2) is 19.3 Å². The van der Waals surface area contributed by atoms with Crippen LogP contribution in [0.1, 0.15) is 43.0 Å². The number of benzene rings is 4. The van der Waals surface area contributed by atoms with Gasteiger partial charge in [-0.2, -0.15) is 0 Å². The molecule has 0 atom stereocenters. The maximum atomic E-state index is 16.2. The lowest BCUT2D eigenvalue weighted by Crippen LogP contribution is -2.11. The number of hydrogen-bond acceptors (Lipinski definition) is 3. The fraction of sp³-hybridized carbons (Fsp3) is 0.139. The van der Waals surface area contributed by atoms with Gasteiger partial charge in [-0.05, 0) is 45.4 Å². The standard InChI is InChI=1S/C36H31FN4/c1-36(2,3)29-18-19-30(33-34-35(39-23-38-33)41(24-40-34)22-26-10-6-4-7-11-26)31(21-29)32(37)20-25-14-16-28(17-15-25)27-12-8-5-9-13-27/h4-21,23-24H,22H2,1-3H3/b32-20-. The highest BCUT2D eigenvalue weighted by atomic mass is 19.1. The summed E-state index contributed by atoms with van der Waals surface area (Å²) in [6.07, 6.45) is 4.90. The lowest BCUT2D eigenvalue weighted by Gasteiger charge is -2.21. The van der Waals surface area contributed by atoms with E-state index in [0.29, 0.717) is 34.5 Å². The predicted octanol–water partition coefficient (Wildman–Crippen LogP) is 8.97. The Morgan fingerprint density at radius 1 is 0.780 bits per heavy atom. The first-order valence-electron chi connectivity index (χ1n) is 13.7. The van der Waals surface area contributed by atoms with Crippen molar-refractivity contribution < 1.29 is 4.39 Å². The molecule has 202 valence electrons. The summed E-state index contributed by atoms with van der Waals surface area (Å²) < 4.78 is 18.2. The van der Waals surface area contributed by atoms with E-state index in [2.05, 4.69) is 66.1 Å². The molecule has 0 saturated carbocycles. The number of halogens is 1. The minimum Gasteiger partial charge on any atom is -0.311 e. The number of imidazole rings is 1. The molecule has 0 saturated heterocycles. The summed E-state index contributed by atoms with van der Waals surface area (Å²) >= 11 is 0. The van der Waals surface area contributed by atoms with Crippen LogP contribution in [-0.2, 0) is 12.0 Å². The van der Waals surface area contributed by atoms with Crippen molar-refractivity contribution >= 4 is 23.1 Å². The molecule has 0 fully saturated rings. The van der Waals surface area contributed by atoms with E-state index in [1.165, 1.54) is 6.33 Å². The van der Waals surface area contributed by atoms with E-state index in [1.54, 1.807) is 12.4 Å². The summed E-state index contributed by atoms with van der Waals surface area (Å²) in [4.78, 5) is 13.8. The molecule has 6 rings (SSSR count). The maximum absolute atomic E-state index is 16.2. The monoisotopic (exact) mass is 538 g/mol. The molecule has 0 N–H and O–H groups in total. The summed E-state index contributed by atoms with van der Waals surface area (Å²) in [5.41, 5.74) is 8.19. The Morgan fingerprint density at radius 2 is 1.46 bits per heavy atom. The summed E-state index contributed by atoms with van der Waals surface area (Å²) in [6, 6.07) is 34.2. The highest BCUT2D eigenvalue weighted by Gasteiger charge is 2.21. The van der Waals surface area contributed by atoms with Crippen molar-refractivity contribution in [3.8, 4) is 22.4 Å². The number of hydrogen-bond donors (Lipinski definition) is 0. The topological polar surface area (TPSA) is 43.6 Å². The Labute approximate surface area is 239 Å². The highest BCUT2D eigenvalue weighted by molar-refractivity contribution is 5.93. The number of nitrogens with zero attached hydrogens (tertiary/aromatic N) is 4. The van der Waals surface area contributed by atoms with E-state index >= 15 is 4.39 Å². The molecule has 4 nitrogen and oxygen atoms in total. The van der Waals surface area contributed by atoms with Crippen molar-refractivity contribution in [1.82, 2.24) is 19.5 Å². The average molecular weight is 539 g/mol. The van der Waals surface area contributed by atoms with Crippen LogP contribution in [0.25, 0.3) is 45.5 Å². The predicted molar refractivity (Wildman–Crippen MR) is 166 cm³/mol. The Bertz CT molecular complexity index is 1830. The van der Waals surface area contributed by atoms with Crippen LogP contribution in [0.4, 0.5) is 4.39 Å². The van der Waals surface area contributed by atoms with Crippen LogP contribution in [0.3, 0.4) is 0 Å². The molecule has 2 heterocycles. The molecule has 5 heteroatoms. The molecule has 0 unspecified atom stereocenters. The first-order valence-corrected chi connectivity index (χ1v) is 13.7. The van der Waals surface area contributed by atoms with Crippen LogP contribution in [0.15, 0.2) is 116 Å². The van der Waals surface area contributed by atoms with E-state index < -0.39 is 0 Å². The molecule has 2 aromatic heterocycles. The lowest BCUT2D eigenvalue weighted by molar-refractivity contribution is 0.590. The first kappa shape index (κ1) is 26.3. The minimum atomic E-state index is -0.325. The zero-order valence-corrected chi connectivity index (χ0v) is 23.4. The van der Waals surface area contributed by atoms with Gasteiger partial charge < -0.3 is 4.57 Å². The molecule has 4 aromatic carbocycles. The normalized spacial score (nSPS) is 12.1. The van der Waals surface area contributed by atoms with Gasteiger partial charge in [0.2, 0.25) is 0 Å². The third-order valence-electron chi connectivity index (χ3n) is 7.31. The van der Waals surface area contributed by atoms with E-state index in [9.17, 15) is 0 Å². The van der Waals surface area contributed by atoms with Gasteiger partial charge in [0.15, 0.2) is 5.65 Å². The molecular weight excluding hydrogens is 507 g/mol. The summed E-state index contributed by atoms with van der Waals surface area (Å²) in [5.74, 6) is -0.325.